The molecule has 0 unspecified atom stereocenters. The summed E-state index contributed by atoms with van der Waals surface area (Å²) in [6.07, 6.45) is 1.59. The molecular formula is C15H16N2O2. The molecule has 1 aromatic heterocycles. The topological polar surface area (TPSA) is 51.2 Å². The lowest BCUT2D eigenvalue weighted by molar-refractivity contribution is 0.0947. The van der Waals surface area contributed by atoms with Crippen LogP contribution >= 0.6 is 0 Å². The fraction of sp³-hybridized carbons (Fsp3) is 0.200. The van der Waals surface area contributed by atoms with Crippen molar-refractivity contribution in [3.8, 4) is 5.88 Å². The molecule has 0 aliphatic rings. The smallest absolute Gasteiger partial charge is 0.257 e. The Balaban J connectivity index is 2.08. The Bertz CT molecular complexity index is 582. The number of aryl methyl sites for hydroxylation is 1. The molecule has 0 bridgehead atoms. The molecule has 1 amide bonds. The van der Waals surface area contributed by atoms with Gasteiger partial charge in [0.05, 0.1) is 7.11 Å². The van der Waals surface area contributed by atoms with E-state index in [1.807, 2.05) is 31.2 Å². The number of nitrogens with zero attached hydrogens (tertiary/aromatic N) is 1. The van der Waals surface area contributed by atoms with Crippen LogP contribution in [0.25, 0.3) is 0 Å². The summed E-state index contributed by atoms with van der Waals surface area (Å²) in [5, 5.41) is 2.87. The number of aromatic nitrogens is 1. The van der Waals surface area contributed by atoms with Crippen LogP contribution in [0.3, 0.4) is 0 Å². The fourth-order valence-corrected chi connectivity index (χ4v) is 1.81. The summed E-state index contributed by atoms with van der Waals surface area (Å²) < 4.78 is 5.07. The predicted octanol–water partition coefficient (Wildman–Crippen LogP) is 2.33. The number of amides is 1. The Labute approximate surface area is 112 Å². The van der Waals surface area contributed by atoms with E-state index in [4.69, 9.17) is 4.74 Å². The van der Waals surface area contributed by atoms with Crippen molar-refractivity contribution in [2.75, 3.05) is 7.11 Å². The van der Waals surface area contributed by atoms with Crippen molar-refractivity contribution in [1.29, 1.82) is 0 Å². The quantitative estimate of drug-likeness (QED) is 0.913. The number of carbonyl (C=O) groups is 1. The van der Waals surface area contributed by atoms with E-state index in [9.17, 15) is 4.79 Å². The molecule has 0 aliphatic heterocycles. The van der Waals surface area contributed by atoms with Crippen LogP contribution in [0.4, 0.5) is 0 Å². The molecule has 0 radical (unpaired) electrons. The fourth-order valence-electron chi connectivity index (χ4n) is 1.81. The summed E-state index contributed by atoms with van der Waals surface area (Å²) in [6.45, 7) is 2.51. The monoisotopic (exact) mass is 256 g/mol. The van der Waals surface area contributed by atoms with Gasteiger partial charge < -0.3 is 10.1 Å². The molecule has 19 heavy (non-hydrogen) atoms. The maximum Gasteiger partial charge on any atom is 0.257 e. The highest BCUT2D eigenvalue weighted by molar-refractivity contribution is 5.96. The third-order valence-corrected chi connectivity index (χ3v) is 2.91. The third-order valence-electron chi connectivity index (χ3n) is 2.91. The van der Waals surface area contributed by atoms with Crippen molar-refractivity contribution >= 4 is 5.91 Å². The maximum absolute atomic E-state index is 12.1. The van der Waals surface area contributed by atoms with Crippen molar-refractivity contribution in [1.82, 2.24) is 10.3 Å². The van der Waals surface area contributed by atoms with Gasteiger partial charge in [0.1, 0.15) is 5.56 Å². The highest BCUT2D eigenvalue weighted by atomic mass is 16.5. The van der Waals surface area contributed by atoms with Crippen LogP contribution in [0.1, 0.15) is 21.5 Å². The minimum absolute atomic E-state index is 0.187. The van der Waals surface area contributed by atoms with Crippen LogP contribution in [0.2, 0.25) is 0 Å². The minimum atomic E-state index is -0.187. The molecule has 0 saturated heterocycles. The normalized spacial score (nSPS) is 10.0. The predicted molar refractivity (Wildman–Crippen MR) is 73.1 cm³/mol. The van der Waals surface area contributed by atoms with E-state index < -0.39 is 0 Å². The Kier molecular flexibility index (Phi) is 4.13. The van der Waals surface area contributed by atoms with Gasteiger partial charge in [0, 0.05) is 12.7 Å². The lowest BCUT2D eigenvalue weighted by Crippen LogP contribution is -2.24. The van der Waals surface area contributed by atoms with Crippen LogP contribution in [0.5, 0.6) is 5.88 Å². The van der Waals surface area contributed by atoms with Crippen LogP contribution in [-0.2, 0) is 6.54 Å². The molecule has 1 N–H and O–H groups in total. The summed E-state index contributed by atoms with van der Waals surface area (Å²) in [7, 11) is 1.50. The summed E-state index contributed by atoms with van der Waals surface area (Å²) >= 11 is 0. The number of methoxy groups -OCH3 is 1. The first-order chi connectivity index (χ1) is 9.22. The molecule has 2 rings (SSSR count). The number of ether oxygens (including phenoxy) is 1. The molecule has 0 aliphatic carbocycles. The largest absolute Gasteiger partial charge is 0.480 e. The van der Waals surface area contributed by atoms with Gasteiger partial charge in [-0.2, -0.15) is 0 Å². The van der Waals surface area contributed by atoms with Gasteiger partial charge in [0.25, 0.3) is 5.91 Å². The van der Waals surface area contributed by atoms with Crippen LogP contribution in [-0.4, -0.2) is 18.0 Å². The van der Waals surface area contributed by atoms with Gasteiger partial charge in [-0.25, -0.2) is 4.98 Å². The van der Waals surface area contributed by atoms with Crippen molar-refractivity contribution in [3.05, 3.63) is 59.3 Å². The Hall–Kier alpha value is -2.36. The molecule has 0 fully saturated rings. The van der Waals surface area contributed by atoms with E-state index >= 15 is 0 Å². The van der Waals surface area contributed by atoms with Crippen molar-refractivity contribution in [2.45, 2.75) is 13.5 Å². The number of carbonyl (C=O) groups excluding carboxylic acids is 1. The number of benzene rings is 1. The Morgan fingerprint density at radius 3 is 2.79 bits per heavy atom. The highest BCUT2D eigenvalue weighted by Gasteiger charge is 2.12. The first-order valence-corrected chi connectivity index (χ1v) is 6.04. The van der Waals surface area contributed by atoms with Gasteiger partial charge in [-0.3, -0.25) is 4.79 Å². The van der Waals surface area contributed by atoms with Gasteiger partial charge in [-0.15, -0.1) is 0 Å². The van der Waals surface area contributed by atoms with Gasteiger partial charge in [-0.05, 0) is 30.2 Å². The molecule has 1 aromatic carbocycles. The summed E-state index contributed by atoms with van der Waals surface area (Å²) in [4.78, 5) is 16.1. The van der Waals surface area contributed by atoms with E-state index in [1.165, 1.54) is 7.11 Å². The molecule has 2 aromatic rings. The van der Waals surface area contributed by atoms with Crippen LogP contribution < -0.4 is 10.1 Å². The Morgan fingerprint density at radius 2 is 2.05 bits per heavy atom. The second-order valence-corrected chi connectivity index (χ2v) is 4.17. The number of hydrogen-bond donors (Lipinski definition) is 1. The molecule has 4 heteroatoms. The first-order valence-electron chi connectivity index (χ1n) is 6.04. The van der Waals surface area contributed by atoms with E-state index in [1.54, 1.807) is 18.3 Å². The Morgan fingerprint density at radius 1 is 1.26 bits per heavy atom. The molecule has 98 valence electrons. The second-order valence-electron chi connectivity index (χ2n) is 4.17. The van der Waals surface area contributed by atoms with E-state index in [2.05, 4.69) is 10.3 Å². The van der Waals surface area contributed by atoms with Crippen LogP contribution in [0, 0.1) is 6.92 Å². The average Bonchev–Trinajstić information content (AvgIpc) is 2.46. The SMILES string of the molecule is COc1ncccc1C(=O)NCc1ccccc1C. The summed E-state index contributed by atoms with van der Waals surface area (Å²) in [5.74, 6) is 0.151. The van der Waals surface area contributed by atoms with Gasteiger partial charge in [0.2, 0.25) is 5.88 Å². The lowest BCUT2D eigenvalue weighted by atomic mass is 10.1. The molecule has 4 nitrogen and oxygen atoms in total. The highest BCUT2D eigenvalue weighted by Crippen LogP contribution is 2.13. The van der Waals surface area contributed by atoms with E-state index in [-0.39, 0.29) is 5.91 Å². The lowest BCUT2D eigenvalue weighted by Gasteiger charge is -2.09. The van der Waals surface area contributed by atoms with E-state index in [0.717, 1.165) is 11.1 Å². The molecular weight excluding hydrogens is 240 g/mol. The first kappa shape index (κ1) is 13.1. The third kappa shape index (κ3) is 3.10. The maximum atomic E-state index is 12.1. The van der Waals surface area contributed by atoms with Gasteiger partial charge >= 0.3 is 0 Å². The number of hydrogen-bond acceptors (Lipinski definition) is 3. The van der Waals surface area contributed by atoms with Crippen LogP contribution in [0.15, 0.2) is 42.6 Å². The van der Waals surface area contributed by atoms with Crippen molar-refractivity contribution in [2.24, 2.45) is 0 Å². The molecule has 1 heterocycles. The van der Waals surface area contributed by atoms with Crippen molar-refractivity contribution in [3.63, 3.8) is 0 Å². The molecule has 0 spiro atoms. The zero-order valence-corrected chi connectivity index (χ0v) is 11.0. The number of nitrogens with one attached hydrogen (secondary N) is 1. The second kappa shape index (κ2) is 6.00. The average molecular weight is 256 g/mol. The van der Waals surface area contributed by atoms with E-state index in [0.29, 0.717) is 18.0 Å². The molecule has 0 atom stereocenters. The standard InChI is InChI=1S/C15H16N2O2/c1-11-6-3-4-7-12(11)10-17-14(18)13-8-5-9-16-15(13)19-2/h3-9H,10H2,1-2H3,(H,17,18). The number of rotatable bonds is 4. The summed E-state index contributed by atoms with van der Waals surface area (Å²) in [5.41, 5.74) is 2.69. The minimum Gasteiger partial charge on any atom is -0.480 e. The summed E-state index contributed by atoms with van der Waals surface area (Å²) in [6, 6.07) is 11.4. The zero-order chi connectivity index (χ0) is 13.7. The zero-order valence-electron chi connectivity index (χ0n) is 11.0. The number of pyridine rings is 1. The van der Waals surface area contributed by atoms with Gasteiger partial charge in [0.15, 0.2) is 0 Å². The molecule has 0 saturated carbocycles. The van der Waals surface area contributed by atoms with Gasteiger partial charge in [-0.1, -0.05) is 24.3 Å². The van der Waals surface area contributed by atoms with Crippen molar-refractivity contribution < 1.29 is 9.53 Å².